The molecule has 1 aliphatic rings. The third-order valence-corrected chi connectivity index (χ3v) is 3.34. The zero-order chi connectivity index (χ0) is 13.9. The molecule has 1 atom stereocenters. The van der Waals surface area contributed by atoms with Crippen molar-refractivity contribution in [2.24, 2.45) is 5.92 Å². The van der Waals surface area contributed by atoms with Crippen molar-refractivity contribution in [3.63, 3.8) is 0 Å². The van der Waals surface area contributed by atoms with E-state index in [9.17, 15) is 0 Å². The number of nitrogens with zero attached hydrogens (tertiary/aromatic N) is 1. The Balaban J connectivity index is 2.05. The third kappa shape index (κ3) is 8.58. The lowest BCUT2D eigenvalue weighted by molar-refractivity contribution is -0.0350. The van der Waals surface area contributed by atoms with Crippen molar-refractivity contribution in [3.05, 3.63) is 0 Å². The lowest BCUT2D eigenvalue weighted by atomic mass is 10.2. The van der Waals surface area contributed by atoms with Gasteiger partial charge in [0.05, 0.1) is 19.3 Å². The Morgan fingerprint density at radius 1 is 1.37 bits per heavy atom. The van der Waals surface area contributed by atoms with Crippen LogP contribution in [0.4, 0.5) is 0 Å². The van der Waals surface area contributed by atoms with Gasteiger partial charge in [0.25, 0.3) is 0 Å². The molecule has 114 valence electrons. The first-order valence-electron chi connectivity index (χ1n) is 7.84. The summed E-state index contributed by atoms with van der Waals surface area (Å²) in [6, 6.07) is 0. The summed E-state index contributed by atoms with van der Waals surface area (Å²) in [7, 11) is 0. The van der Waals surface area contributed by atoms with Gasteiger partial charge in [0, 0.05) is 32.8 Å². The maximum atomic E-state index is 5.79. The van der Waals surface area contributed by atoms with Crippen LogP contribution in [-0.4, -0.2) is 63.5 Å². The molecule has 0 radical (unpaired) electrons. The van der Waals surface area contributed by atoms with Crippen LogP contribution in [0.25, 0.3) is 0 Å². The lowest BCUT2D eigenvalue weighted by Crippen LogP contribution is -2.47. The van der Waals surface area contributed by atoms with Gasteiger partial charge in [0.15, 0.2) is 0 Å². The van der Waals surface area contributed by atoms with E-state index in [1.54, 1.807) is 0 Å². The first kappa shape index (κ1) is 16.9. The van der Waals surface area contributed by atoms with E-state index in [1.165, 1.54) is 12.8 Å². The molecule has 0 aromatic rings. The molecule has 0 aromatic heterocycles. The average Bonchev–Trinajstić information content (AvgIpc) is 2.39. The number of hydrogen-bond donors (Lipinski definition) is 1. The van der Waals surface area contributed by atoms with Gasteiger partial charge in [0.2, 0.25) is 0 Å². The van der Waals surface area contributed by atoms with Crippen molar-refractivity contribution in [2.75, 3.05) is 52.5 Å². The summed E-state index contributed by atoms with van der Waals surface area (Å²) >= 11 is 0. The van der Waals surface area contributed by atoms with Gasteiger partial charge in [-0.1, -0.05) is 27.2 Å². The van der Waals surface area contributed by atoms with Crippen molar-refractivity contribution in [1.82, 2.24) is 10.2 Å². The Bertz CT molecular complexity index is 212. The summed E-state index contributed by atoms with van der Waals surface area (Å²) in [5, 5.41) is 3.48. The highest BCUT2D eigenvalue weighted by atomic mass is 16.5. The Labute approximate surface area is 118 Å². The van der Waals surface area contributed by atoms with Gasteiger partial charge in [-0.2, -0.15) is 0 Å². The van der Waals surface area contributed by atoms with Crippen molar-refractivity contribution in [2.45, 2.75) is 39.7 Å². The molecule has 1 heterocycles. The minimum absolute atomic E-state index is 0.336. The molecule has 0 saturated carbocycles. The molecule has 1 saturated heterocycles. The van der Waals surface area contributed by atoms with Crippen molar-refractivity contribution in [3.8, 4) is 0 Å². The van der Waals surface area contributed by atoms with Gasteiger partial charge in [-0.25, -0.2) is 0 Å². The van der Waals surface area contributed by atoms with Crippen LogP contribution in [0, 0.1) is 5.92 Å². The topological polar surface area (TPSA) is 33.7 Å². The molecule has 0 aromatic carbocycles. The van der Waals surface area contributed by atoms with Crippen LogP contribution in [0.15, 0.2) is 0 Å². The second-order valence-corrected chi connectivity index (χ2v) is 5.81. The molecular formula is C15H32N2O2. The van der Waals surface area contributed by atoms with E-state index in [2.05, 4.69) is 31.0 Å². The fourth-order valence-corrected chi connectivity index (χ4v) is 2.18. The van der Waals surface area contributed by atoms with Crippen molar-refractivity contribution < 1.29 is 9.47 Å². The van der Waals surface area contributed by atoms with Crippen LogP contribution < -0.4 is 5.32 Å². The Morgan fingerprint density at radius 2 is 2.21 bits per heavy atom. The number of morpholine rings is 1. The van der Waals surface area contributed by atoms with Crippen LogP contribution in [0.3, 0.4) is 0 Å². The molecule has 0 amide bonds. The SMILES string of the molecule is CCCCOCCN1CCO[C@H](CNCC(C)C)C1. The monoisotopic (exact) mass is 272 g/mol. The smallest absolute Gasteiger partial charge is 0.0826 e. The van der Waals surface area contributed by atoms with Crippen LogP contribution >= 0.6 is 0 Å². The molecule has 1 rings (SSSR count). The number of unbranched alkanes of at least 4 members (excludes halogenated alkanes) is 1. The highest BCUT2D eigenvalue weighted by Gasteiger charge is 2.19. The molecular weight excluding hydrogens is 240 g/mol. The van der Waals surface area contributed by atoms with Crippen molar-refractivity contribution in [1.29, 1.82) is 0 Å². The largest absolute Gasteiger partial charge is 0.380 e. The summed E-state index contributed by atoms with van der Waals surface area (Å²) in [4.78, 5) is 2.46. The summed E-state index contributed by atoms with van der Waals surface area (Å²) < 4.78 is 11.4. The van der Waals surface area contributed by atoms with Crippen molar-refractivity contribution >= 4 is 0 Å². The standard InChI is InChI=1S/C15H32N2O2/c1-4-5-8-18-9-6-17-7-10-19-15(13-17)12-16-11-14(2)3/h14-16H,4-13H2,1-3H3/t15-/m1/s1. The third-order valence-electron chi connectivity index (χ3n) is 3.34. The average molecular weight is 272 g/mol. The Morgan fingerprint density at radius 3 is 2.95 bits per heavy atom. The molecule has 0 bridgehead atoms. The molecule has 19 heavy (non-hydrogen) atoms. The summed E-state index contributed by atoms with van der Waals surface area (Å²) in [6.07, 6.45) is 2.72. The van der Waals surface area contributed by atoms with Crippen LogP contribution in [0.1, 0.15) is 33.6 Å². The maximum absolute atomic E-state index is 5.79. The normalized spacial score (nSPS) is 21.2. The van der Waals surface area contributed by atoms with E-state index in [0.29, 0.717) is 12.0 Å². The highest BCUT2D eigenvalue weighted by molar-refractivity contribution is 4.73. The van der Waals surface area contributed by atoms with E-state index in [1.807, 2.05) is 0 Å². The minimum Gasteiger partial charge on any atom is -0.380 e. The predicted molar refractivity (Wildman–Crippen MR) is 79.6 cm³/mol. The van der Waals surface area contributed by atoms with Gasteiger partial charge in [-0.15, -0.1) is 0 Å². The van der Waals surface area contributed by atoms with Crippen LogP contribution in [0.5, 0.6) is 0 Å². The highest BCUT2D eigenvalue weighted by Crippen LogP contribution is 2.04. The molecule has 0 unspecified atom stereocenters. The zero-order valence-electron chi connectivity index (χ0n) is 13.0. The predicted octanol–water partition coefficient (Wildman–Crippen LogP) is 1.75. The quantitative estimate of drug-likeness (QED) is 0.614. The van der Waals surface area contributed by atoms with Gasteiger partial charge in [-0.3, -0.25) is 4.90 Å². The zero-order valence-corrected chi connectivity index (χ0v) is 13.0. The van der Waals surface area contributed by atoms with Gasteiger partial charge in [-0.05, 0) is 18.9 Å². The van der Waals surface area contributed by atoms with E-state index < -0.39 is 0 Å². The number of nitrogens with one attached hydrogen (secondary N) is 1. The molecule has 1 N–H and O–H groups in total. The van der Waals surface area contributed by atoms with Gasteiger partial charge in [0.1, 0.15) is 0 Å². The second-order valence-electron chi connectivity index (χ2n) is 5.81. The van der Waals surface area contributed by atoms with Crippen LogP contribution in [0.2, 0.25) is 0 Å². The summed E-state index contributed by atoms with van der Waals surface area (Å²) in [5.74, 6) is 0.701. The second kappa shape index (κ2) is 10.6. The molecule has 1 fully saturated rings. The Hall–Kier alpha value is -0.160. The van der Waals surface area contributed by atoms with E-state index in [0.717, 1.165) is 52.5 Å². The van der Waals surface area contributed by atoms with Gasteiger partial charge >= 0.3 is 0 Å². The van der Waals surface area contributed by atoms with E-state index in [-0.39, 0.29) is 0 Å². The van der Waals surface area contributed by atoms with Crippen LogP contribution in [-0.2, 0) is 9.47 Å². The van der Waals surface area contributed by atoms with Gasteiger partial charge < -0.3 is 14.8 Å². The summed E-state index contributed by atoms with van der Waals surface area (Å²) in [6.45, 7) is 14.4. The maximum Gasteiger partial charge on any atom is 0.0826 e. The minimum atomic E-state index is 0.336. The number of hydrogen-bond acceptors (Lipinski definition) is 4. The molecule has 4 heteroatoms. The van der Waals surface area contributed by atoms with E-state index >= 15 is 0 Å². The fraction of sp³-hybridized carbons (Fsp3) is 1.00. The first-order valence-corrected chi connectivity index (χ1v) is 7.84. The fourth-order valence-electron chi connectivity index (χ4n) is 2.18. The lowest BCUT2D eigenvalue weighted by Gasteiger charge is -2.33. The molecule has 4 nitrogen and oxygen atoms in total. The molecule has 0 aliphatic carbocycles. The number of rotatable bonds is 10. The molecule has 0 spiro atoms. The Kier molecular flexibility index (Phi) is 9.43. The number of ether oxygens (including phenoxy) is 2. The first-order chi connectivity index (χ1) is 9.22. The summed E-state index contributed by atoms with van der Waals surface area (Å²) in [5.41, 5.74) is 0. The molecule has 1 aliphatic heterocycles. The van der Waals surface area contributed by atoms with E-state index in [4.69, 9.17) is 9.47 Å².